The van der Waals surface area contributed by atoms with Crippen molar-refractivity contribution in [2.75, 3.05) is 7.11 Å². The summed E-state index contributed by atoms with van der Waals surface area (Å²) in [6.07, 6.45) is 3.79. The minimum absolute atomic E-state index is 0.394. The molecule has 0 spiro atoms. The first-order chi connectivity index (χ1) is 11.5. The zero-order valence-corrected chi connectivity index (χ0v) is 15.4. The number of carboxylic acids is 1. The number of halogens is 1. The lowest BCUT2D eigenvalue weighted by Crippen LogP contribution is -1.91. The Kier molecular flexibility index (Phi) is 12.8. The first-order valence-corrected chi connectivity index (χ1v) is 7.94. The molecular weight excluding hydrogens is 419 g/mol. The lowest BCUT2D eigenvalue weighted by molar-refractivity contribution is -0.135. The predicted molar refractivity (Wildman–Crippen MR) is 104 cm³/mol. The molecule has 0 heterocycles. The molecule has 2 aromatic rings. The van der Waals surface area contributed by atoms with Crippen LogP contribution in [0.3, 0.4) is 0 Å². The number of methoxy groups -OCH3 is 1. The van der Waals surface area contributed by atoms with Crippen molar-refractivity contribution in [2.24, 2.45) is 0 Å². The van der Waals surface area contributed by atoms with Gasteiger partial charge in [-0.2, -0.15) is 0 Å². The fourth-order valence-electron chi connectivity index (χ4n) is 1.23. The second-order valence-electron chi connectivity index (χ2n) is 4.11. The van der Waals surface area contributed by atoms with Crippen LogP contribution >= 0.6 is 22.6 Å². The van der Waals surface area contributed by atoms with E-state index in [1.807, 2.05) is 48.5 Å². The number of ether oxygens (including phenoxy) is 1. The van der Waals surface area contributed by atoms with Crippen LogP contribution < -0.4 is 0 Å². The number of carbonyl (C=O) groups excluding carboxylic acids is 1. The number of esters is 1. The highest BCUT2D eigenvalue weighted by Gasteiger charge is 1.86. The minimum Gasteiger partial charge on any atom is -0.478 e. The molecule has 2 aromatic carbocycles. The molecule has 0 aliphatic heterocycles. The van der Waals surface area contributed by atoms with Gasteiger partial charge in [-0.05, 0) is 46.4 Å². The molecule has 5 heteroatoms. The lowest BCUT2D eigenvalue weighted by atomic mass is 10.2. The summed E-state index contributed by atoms with van der Waals surface area (Å²) < 4.78 is 5.43. The number of carboxylic acid groups (broad SMARTS) is 1. The zero-order valence-electron chi connectivity index (χ0n) is 13.3. The summed E-state index contributed by atoms with van der Waals surface area (Å²) in [4.78, 5) is 19.9. The van der Waals surface area contributed by atoms with Gasteiger partial charge in [0.1, 0.15) is 0 Å². The van der Waals surface area contributed by atoms with Gasteiger partial charge in [0, 0.05) is 15.7 Å². The number of aliphatic carboxylic acids is 1. The fourth-order valence-corrected chi connectivity index (χ4v) is 1.64. The molecule has 0 atom stereocenters. The lowest BCUT2D eigenvalue weighted by Gasteiger charge is -1.87. The van der Waals surface area contributed by atoms with Crippen molar-refractivity contribution in [3.63, 3.8) is 0 Å². The quantitative estimate of drug-likeness (QED) is 0.438. The third-order valence-corrected chi connectivity index (χ3v) is 3.04. The first kappa shape index (κ1) is 21.6. The molecule has 0 saturated heterocycles. The molecule has 0 bridgehead atoms. The summed E-state index contributed by atoms with van der Waals surface area (Å²) in [5.41, 5.74) is 0.898. The van der Waals surface area contributed by atoms with Crippen LogP contribution in [0.15, 0.2) is 79.4 Å². The maximum atomic E-state index is 10.1. The maximum absolute atomic E-state index is 10.1. The van der Waals surface area contributed by atoms with Gasteiger partial charge < -0.3 is 9.84 Å². The number of hydrogen-bond acceptors (Lipinski definition) is 3. The van der Waals surface area contributed by atoms with Crippen LogP contribution in [0.5, 0.6) is 0 Å². The molecule has 0 aliphatic carbocycles. The molecule has 2 rings (SSSR count). The summed E-state index contributed by atoms with van der Waals surface area (Å²) in [6.45, 7) is 3.16. The van der Waals surface area contributed by atoms with Gasteiger partial charge in [-0.3, -0.25) is 0 Å². The predicted octanol–water partition coefficient (Wildman–Crippen LogP) is 4.42. The number of hydrogen-bond donors (Lipinski definition) is 1. The average molecular weight is 438 g/mol. The van der Waals surface area contributed by atoms with Crippen molar-refractivity contribution in [3.05, 3.63) is 88.5 Å². The molecule has 0 aromatic heterocycles. The molecule has 0 fully saturated rings. The third kappa shape index (κ3) is 13.3. The van der Waals surface area contributed by atoms with E-state index in [0.717, 1.165) is 17.7 Å². The topological polar surface area (TPSA) is 63.6 Å². The van der Waals surface area contributed by atoms with Crippen LogP contribution in [0.4, 0.5) is 0 Å². The van der Waals surface area contributed by atoms with E-state index in [2.05, 4.69) is 46.0 Å². The highest BCUT2D eigenvalue weighted by atomic mass is 127. The Balaban J connectivity index is 0.000000353. The Bertz CT molecular complexity index is 637. The Hall–Kier alpha value is -2.41. The molecule has 0 aliphatic rings. The van der Waals surface area contributed by atoms with Crippen molar-refractivity contribution in [3.8, 4) is 0 Å². The summed E-state index contributed by atoms with van der Waals surface area (Å²) in [5.74, 6) is -1.32. The molecule has 0 radical (unpaired) electrons. The summed E-state index contributed by atoms with van der Waals surface area (Å²) in [6, 6.07) is 19.5. The van der Waals surface area contributed by atoms with E-state index in [1.165, 1.54) is 10.7 Å². The van der Waals surface area contributed by atoms with Gasteiger partial charge in [-0.1, -0.05) is 55.1 Å². The zero-order chi connectivity index (χ0) is 18.2. The minimum atomic E-state index is -0.922. The molecule has 1 N–H and O–H groups in total. The molecule has 0 amide bonds. The van der Waals surface area contributed by atoms with E-state index in [9.17, 15) is 9.59 Å². The second kappa shape index (κ2) is 14.2. The van der Waals surface area contributed by atoms with Crippen LogP contribution in [0.1, 0.15) is 5.56 Å². The van der Waals surface area contributed by atoms with Crippen molar-refractivity contribution in [1.82, 2.24) is 0 Å². The van der Waals surface area contributed by atoms with Crippen molar-refractivity contribution < 1.29 is 19.4 Å². The van der Waals surface area contributed by atoms with Gasteiger partial charge >= 0.3 is 11.9 Å². The standard InChI is InChI=1S/C9H8O2.C6H5I.C4H6O2/c10-9(11)7-6-8-4-2-1-3-5-8;7-6-4-2-1-3-5-6;1-3-4(5)6-2/h1-7H,(H,10,11);1-5H;3H,1H2,2H3/b7-6+;;. The first-order valence-electron chi connectivity index (χ1n) is 6.86. The van der Waals surface area contributed by atoms with Gasteiger partial charge in [-0.25, -0.2) is 9.59 Å². The highest BCUT2D eigenvalue weighted by Crippen LogP contribution is 2.00. The Morgan fingerprint density at radius 2 is 1.54 bits per heavy atom. The largest absolute Gasteiger partial charge is 0.478 e. The number of benzene rings is 2. The van der Waals surface area contributed by atoms with Gasteiger partial charge in [0.15, 0.2) is 0 Å². The van der Waals surface area contributed by atoms with Crippen molar-refractivity contribution >= 4 is 40.6 Å². The Labute approximate surface area is 155 Å². The summed E-state index contributed by atoms with van der Waals surface area (Å²) in [7, 11) is 1.31. The molecule has 126 valence electrons. The second-order valence-corrected chi connectivity index (χ2v) is 5.35. The normalized spacial score (nSPS) is 8.92. The summed E-state index contributed by atoms with van der Waals surface area (Å²) >= 11 is 2.28. The van der Waals surface area contributed by atoms with E-state index < -0.39 is 11.9 Å². The van der Waals surface area contributed by atoms with Crippen LogP contribution in [0, 0.1) is 3.57 Å². The highest BCUT2D eigenvalue weighted by molar-refractivity contribution is 14.1. The average Bonchev–Trinajstić information content (AvgIpc) is 2.62. The van der Waals surface area contributed by atoms with Crippen LogP contribution in [-0.2, 0) is 14.3 Å². The molecular formula is C19H19IO4. The van der Waals surface area contributed by atoms with E-state index in [-0.39, 0.29) is 0 Å². The molecule has 24 heavy (non-hydrogen) atoms. The van der Waals surface area contributed by atoms with E-state index in [4.69, 9.17) is 5.11 Å². The van der Waals surface area contributed by atoms with E-state index >= 15 is 0 Å². The van der Waals surface area contributed by atoms with Gasteiger partial charge in [0.25, 0.3) is 0 Å². The summed E-state index contributed by atoms with van der Waals surface area (Å²) in [5, 5.41) is 8.29. The van der Waals surface area contributed by atoms with Gasteiger partial charge in [0.05, 0.1) is 7.11 Å². The van der Waals surface area contributed by atoms with Crippen molar-refractivity contribution in [2.45, 2.75) is 0 Å². The number of rotatable bonds is 3. The fraction of sp³-hybridized carbons (Fsp3) is 0.0526. The van der Waals surface area contributed by atoms with Crippen LogP contribution in [0.2, 0.25) is 0 Å². The third-order valence-electron chi connectivity index (χ3n) is 2.32. The molecule has 0 unspecified atom stereocenters. The van der Waals surface area contributed by atoms with E-state index in [1.54, 1.807) is 6.08 Å². The Morgan fingerprint density at radius 3 is 1.83 bits per heavy atom. The van der Waals surface area contributed by atoms with Crippen LogP contribution in [-0.4, -0.2) is 24.2 Å². The maximum Gasteiger partial charge on any atom is 0.329 e. The van der Waals surface area contributed by atoms with E-state index in [0.29, 0.717) is 0 Å². The molecule has 0 saturated carbocycles. The SMILES string of the molecule is C=CC(=O)OC.Ic1ccccc1.O=C(O)/C=C/c1ccccc1. The smallest absolute Gasteiger partial charge is 0.329 e. The monoisotopic (exact) mass is 438 g/mol. The molecule has 4 nitrogen and oxygen atoms in total. The van der Waals surface area contributed by atoms with Gasteiger partial charge in [-0.15, -0.1) is 0 Å². The Morgan fingerprint density at radius 1 is 1.04 bits per heavy atom. The van der Waals surface area contributed by atoms with Crippen molar-refractivity contribution in [1.29, 1.82) is 0 Å². The van der Waals surface area contributed by atoms with Crippen LogP contribution in [0.25, 0.3) is 6.08 Å². The number of carbonyl (C=O) groups is 2. The van der Waals surface area contributed by atoms with Gasteiger partial charge in [0.2, 0.25) is 0 Å².